The van der Waals surface area contributed by atoms with Gasteiger partial charge in [-0.05, 0) is 17.9 Å². The molecule has 0 spiro atoms. The molecule has 0 fully saturated rings. The Kier molecular flexibility index (Phi) is 8.17. The van der Waals surface area contributed by atoms with Gasteiger partial charge in [0, 0.05) is 5.41 Å². The average Bonchev–Trinajstić information content (AvgIpc) is 2.63. The summed E-state index contributed by atoms with van der Waals surface area (Å²) in [5.41, 5.74) is 1.87. The van der Waals surface area contributed by atoms with Gasteiger partial charge < -0.3 is 20.9 Å². The molecule has 0 bridgehead atoms. The van der Waals surface area contributed by atoms with Crippen LogP contribution in [0, 0.1) is 11.3 Å². The maximum absolute atomic E-state index is 13.4. The number of nitrogens with two attached hydrogens (primary N) is 1. The topological polar surface area (TPSA) is 156 Å². The number of ether oxygens (including phenoxy) is 1. The number of benzene rings is 1. The van der Waals surface area contributed by atoms with E-state index in [1.165, 1.54) is 20.8 Å². The van der Waals surface area contributed by atoms with Gasteiger partial charge in [0.1, 0.15) is 6.61 Å². The number of amides is 1. The molecule has 1 aromatic carbocycles. The van der Waals surface area contributed by atoms with Crippen LogP contribution in [0.2, 0.25) is 0 Å². The average molecular weight is 445 g/mol. The van der Waals surface area contributed by atoms with Crippen molar-refractivity contribution in [2.75, 3.05) is 6.54 Å². The molecule has 1 rings (SSSR count). The standard InChI is InChI=1S/C20H32N2O7S/c1-14(2)11-19(22-16(23)12-21,20(25,18(3,4)5)30(26,27)28)17(24)29-13-15-9-7-6-8-10-15/h6-10,14,25H,11-13,21H2,1-5H3,(H,22,23)(H,26,27,28). The van der Waals surface area contributed by atoms with Gasteiger partial charge in [-0.3, -0.25) is 9.35 Å². The van der Waals surface area contributed by atoms with Crippen LogP contribution >= 0.6 is 0 Å². The highest BCUT2D eigenvalue weighted by atomic mass is 32.2. The Hall–Kier alpha value is -2.01. The van der Waals surface area contributed by atoms with Crippen molar-refractivity contribution in [3.05, 3.63) is 35.9 Å². The molecule has 170 valence electrons. The fourth-order valence-electron chi connectivity index (χ4n) is 3.54. The summed E-state index contributed by atoms with van der Waals surface area (Å²) in [6, 6.07) is 8.60. The number of hydrogen-bond acceptors (Lipinski definition) is 7. The van der Waals surface area contributed by atoms with E-state index in [9.17, 15) is 27.7 Å². The minimum absolute atomic E-state index is 0.232. The van der Waals surface area contributed by atoms with Gasteiger partial charge in [0.2, 0.25) is 10.8 Å². The van der Waals surface area contributed by atoms with E-state index < -0.39 is 44.4 Å². The van der Waals surface area contributed by atoms with Gasteiger partial charge in [-0.2, -0.15) is 8.42 Å². The molecule has 9 nitrogen and oxygen atoms in total. The molecule has 1 aromatic rings. The van der Waals surface area contributed by atoms with Crippen LogP contribution in [0.4, 0.5) is 0 Å². The molecule has 0 saturated heterocycles. The fourth-order valence-corrected chi connectivity index (χ4v) is 4.97. The zero-order chi connectivity index (χ0) is 23.4. The van der Waals surface area contributed by atoms with Crippen molar-refractivity contribution in [1.29, 1.82) is 0 Å². The molecule has 5 N–H and O–H groups in total. The molecule has 0 saturated carbocycles. The Morgan fingerprint density at radius 3 is 2.10 bits per heavy atom. The molecule has 0 radical (unpaired) electrons. The largest absolute Gasteiger partial charge is 0.459 e. The lowest BCUT2D eigenvalue weighted by atomic mass is 9.71. The first-order valence-corrected chi connectivity index (χ1v) is 11.0. The number of esters is 1. The van der Waals surface area contributed by atoms with Gasteiger partial charge in [-0.25, -0.2) is 4.79 Å². The van der Waals surface area contributed by atoms with Gasteiger partial charge in [0.15, 0.2) is 5.54 Å². The normalized spacial score (nSPS) is 16.4. The van der Waals surface area contributed by atoms with E-state index in [-0.39, 0.29) is 18.9 Å². The summed E-state index contributed by atoms with van der Waals surface area (Å²) in [4.78, 5) is 22.5. The monoisotopic (exact) mass is 444 g/mol. The van der Waals surface area contributed by atoms with E-state index in [0.29, 0.717) is 5.56 Å². The maximum atomic E-state index is 13.4. The predicted octanol–water partition coefficient (Wildman–Crippen LogP) is 1.21. The molecule has 0 aromatic heterocycles. The maximum Gasteiger partial charge on any atom is 0.336 e. The molecule has 1 amide bonds. The van der Waals surface area contributed by atoms with Crippen LogP contribution in [0.5, 0.6) is 0 Å². The molecule has 0 aliphatic carbocycles. The van der Waals surface area contributed by atoms with Gasteiger partial charge in [0.25, 0.3) is 10.1 Å². The minimum atomic E-state index is -5.31. The predicted molar refractivity (Wildman–Crippen MR) is 112 cm³/mol. The van der Waals surface area contributed by atoms with Gasteiger partial charge >= 0.3 is 5.97 Å². The highest BCUT2D eigenvalue weighted by Gasteiger charge is 2.70. The zero-order valence-corrected chi connectivity index (χ0v) is 18.8. The third kappa shape index (κ3) is 5.18. The van der Waals surface area contributed by atoms with E-state index in [4.69, 9.17) is 10.5 Å². The number of aliphatic hydroxyl groups is 1. The summed E-state index contributed by atoms with van der Waals surface area (Å²) in [5, 5.41) is 13.7. The lowest BCUT2D eigenvalue weighted by molar-refractivity contribution is -0.172. The van der Waals surface area contributed by atoms with Crippen molar-refractivity contribution in [2.24, 2.45) is 17.1 Å². The first kappa shape index (κ1) is 26.0. The van der Waals surface area contributed by atoms with Crippen LogP contribution in [0.25, 0.3) is 0 Å². The number of rotatable bonds is 9. The molecular weight excluding hydrogens is 412 g/mol. The van der Waals surface area contributed by atoms with Crippen molar-refractivity contribution >= 4 is 22.0 Å². The number of carbonyl (C=O) groups excluding carboxylic acids is 2. The van der Waals surface area contributed by atoms with Crippen molar-refractivity contribution in [3.8, 4) is 0 Å². The first-order chi connectivity index (χ1) is 13.6. The van der Waals surface area contributed by atoms with Crippen molar-refractivity contribution in [2.45, 2.75) is 58.1 Å². The van der Waals surface area contributed by atoms with Crippen LogP contribution < -0.4 is 11.1 Å². The van der Waals surface area contributed by atoms with E-state index >= 15 is 0 Å². The van der Waals surface area contributed by atoms with Crippen LogP contribution in [0.15, 0.2) is 30.3 Å². The van der Waals surface area contributed by atoms with E-state index in [1.807, 2.05) is 0 Å². The Bertz CT molecular complexity index is 850. The molecule has 30 heavy (non-hydrogen) atoms. The Morgan fingerprint density at radius 1 is 1.17 bits per heavy atom. The molecule has 0 aliphatic heterocycles. The van der Waals surface area contributed by atoms with Crippen LogP contribution in [0.3, 0.4) is 0 Å². The second-order valence-electron chi connectivity index (χ2n) is 8.69. The second-order valence-corrected chi connectivity index (χ2v) is 10.2. The summed E-state index contributed by atoms with van der Waals surface area (Å²) in [5.74, 6) is -2.47. The van der Waals surface area contributed by atoms with E-state index in [2.05, 4.69) is 5.32 Å². The summed E-state index contributed by atoms with van der Waals surface area (Å²) in [6.07, 6.45) is -0.333. The molecule has 2 atom stereocenters. The quantitative estimate of drug-likeness (QED) is 0.327. The van der Waals surface area contributed by atoms with Crippen molar-refractivity contribution in [3.63, 3.8) is 0 Å². The molecule has 2 unspecified atom stereocenters. The Morgan fingerprint density at radius 2 is 1.70 bits per heavy atom. The van der Waals surface area contributed by atoms with Crippen LogP contribution in [-0.4, -0.2) is 47.0 Å². The Balaban J connectivity index is 3.69. The summed E-state index contributed by atoms with van der Waals surface area (Å²) < 4.78 is 40.4. The van der Waals surface area contributed by atoms with E-state index in [0.717, 1.165) is 0 Å². The third-order valence-electron chi connectivity index (χ3n) is 4.78. The zero-order valence-electron chi connectivity index (χ0n) is 18.0. The molecular formula is C20H32N2O7S. The molecule has 0 aliphatic rings. The van der Waals surface area contributed by atoms with Gasteiger partial charge in [-0.15, -0.1) is 0 Å². The summed E-state index contributed by atoms with van der Waals surface area (Å²) in [6.45, 7) is 6.52. The number of nitrogens with one attached hydrogen (secondary N) is 1. The second kappa shape index (κ2) is 9.42. The SMILES string of the molecule is CC(C)CC(NC(=O)CN)(C(=O)OCc1ccccc1)C(O)(C(C)(C)C)S(=O)(=O)O. The number of carbonyl (C=O) groups is 2. The van der Waals surface area contributed by atoms with Crippen molar-refractivity contribution in [1.82, 2.24) is 5.32 Å². The fraction of sp³-hybridized carbons (Fsp3) is 0.600. The van der Waals surface area contributed by atoms with Crippen molar-refractivity contribution < 1.29 is 32.4 Å². The lowest BCUT2D eigenvalue weighted by Gasteiger charge is -2.50. The van der Waals surface area contributed by atoms with Crippen LogP contribution in [-0.2, 0) is 31.1 Å². The highest BCUT2D eigenvalue weighted by Crippen LogP contribution is 2.46. The van der Waals surface area contributed by atoms with E-state index in [1.54, 1.807) is 44.2 Å². The molecule has 10 heteroatoms. The summed E-state index contributed by atoms with van der Waals surface area (Å²) in [7, 11) is -5.31. The van der Waals surface area contributed by atoms with Gasteiger partial charge in [0.05, 0.1) is 6.54 Å². The number of hydrogen-bond donors (Lipinski definition) is 4. The third-order valence-corrected chi connectivity index (χ3v) is 6.49. The highest BCUT2D eigenvalue weighted by molar-refractivity contribution is 7.87. The van der Waals surface area contributed by atoms with Crippen LogP contribution in [0.1, 0.15) is 46.6 Å². The van der Waals surface area contributed by atoms with Gasteiger partial charge in [-0.1, -0.05) is 65.0 Å². The summed E-state index contributed by atoms with van der Waals surface area (Å²) >= 11 is 0. The smallest absolute Gasteiger partial charge is 0.336 e. The lowest BCUT2D eigenvalue weighted by Crippen LogP contribution is -2.76. The minimum Gasteiger partial charge on any atom is -0.459 e. The Labute approximate surface area is 177 Å². The molecule has 0 heterocycles. The first-order valence-electron chi connectivity index (χ1n) is 9.54.